The number of ether oxygens (including phenoxy) is 2. The lowest BCUT2D eigenvalue weighted by Gasteiger charge is -2.34. The predicted octanol–water partition coefficient (Wildman–Crippen LogP) is 5.25. The van der Waals surface area contributed by atoms with E-state index in [-0.39, 0.29) is 12.2 Å². The third kappa shape index (κ3) is 6.44. The van der Waals surface area contributed by atoms with Gasteiger partial charge < -0.3 is 14.4 Å². The van der Waals surface area contributed by atoms with Crippen LogP contribution in [0.4, 0.5) is 4.79 Å². The van der Waals surface area contributed by atoms with E-state index in [9.17, 15) is 4.79 Å². The van der Waals surface area contributed by atoms with Gasteiger partial charge in [-0.15, -0.1) is 11.3 Å². The van der Waals surface area contributed by atoms with Crippen LogP contribution in [0.2, 0.25) is 0 Å². The van der Waals surface area contributed by atoms with E-state index < -0.39 is 5.60 Å². The Morgan fingerprint density at radius 3 is 2.92 bits per heavy atom. The molecule has 1 aliphatic rings. The van der Waals surface area contributed by atoms with Crippen LogP contribution in [0.3, 0.4) is 0 Å². The van der Waals surface area contributed by atoms with Crippen LogP contribution in [0, 0.1) is 5.92 Å². The van der Waals surface area contributed by atoms with E-state index >= 15 is 0 Å². The van der Waals surface area contributed by atoms with E-state index in [0.29, 0.717) is 5.92 Å². The van der Waals surface area contributed by atoms with Crippen LogP contribution >= 0.6 is 11.3 Å². The Morgan fingerprint density at radius 1 is 1.46 bits per heavy atom. The molecule has 1 amide bonds. The van der Waals surface area contributed by atoms with Crippen molar-refractivity contribution in [2.45, 2.75) is 65.1 Å². The van der Waals surface area contributed by atoms with Gasteiger partial charge in [0.1, 0.15) is 5.60 Å². The molecule has 24 heavy (non-hydrogen) atoms. The highest BCUT2D eigenvalue weighted by atomic mass is 32.1. The quantitative estimate of drug-likeness (QED) is 0.655. The zero-order valence-corrected chi connectivity index (χ0v) is 16.2. The number of hydrogen-bond acceptors (Lipinski definition) is 4. The number of piperidine rings is 1. The summed E-state index contributed by atoms with van der Waals surface area (Å²) in [6, 6.07) is 4.18. The number of carbonyl (C=O) groups excluding carboxylic acids is 1. The van der Waals surface area contributed by atoms with E-state index in [1.165, 1.54) is 11.3 Å². The maximum atomic E-state index is 12.2. The van der Waals surface area contributed by atoms with Crippen molar-refractivity contribution in [1.29, 1.82) is 0 Å². The van der Waals surface area contributed by atoms with Crippen molar-refractivity contribution in [3.63, 3.8) is 0 Å². The third-order valence-electron chi connectivity index (χ3n) is 4.24. The van der Waals surface area contributed by atoms with E-state index in [4.69, 9.17) is 9.47 Å². The van der Waals surface area contributed by atoms with E-state index in [2.05, 4.69) is 24.4 Å². The first-order valence-electron chi connectivity index (χ1n) is 8.98. The van der Waals surface area contributed by atoms with Crippen molar-refractivity contribution >= 4 is 17.4 Å². The molecule has 2 unspecified atom stereocenters. The number of thiophene rings is 1. The van der Waals surface area contributed by atoms with Gasteiger partial charge in [0.05, 0.1) is 6.10 Å². The topological polar surface area (TPSA) is 38.8 Å². The predicted molar refractivity (Wildman–Crippen MR) is 98.5 cm³/mol. The first-order chi connectivity index (χ1) is 11.3. The molecule has 0 aromatic carbocycles. The molecule has 4 nitrogen and oxygen atoms in total. The van der Waals surface area contributed by atoms with Crippen molar-refractivity contribution in [3.8, 4) is 0 Å². The summed E-state index contributed by atoms with van der Waals surface area (Å²) in [7, 11) is 0. The van der Waals surface area contributed by atoms with Crippen molar-refractivity contribution in [2.24, 2.45) is 5.92 Å². The molecule has 1 saturated heterocycles. The van der Waals surface area contributed by atoms with Crippen LogP contribution in [0.25, 0.3) is 0 Å². The summed E-state index contributed by atoms with van der Waals surface area (Å²) in [6.07, 6.45) is 4.42. The van der Waals surface area contributed by atoms with Gasteiger partial charge in [-0.25, -0.2) is 4.79 Å². The molecule has 0 N–H and O–H groups in total. The summed E-state index contributed by atoms with van der Waals surface area (Å²) in [5.74, 6) is 0.562. The highest BCUT2D eigenvalue weighted by Crippen LogP contribution is 2.25. The average molecular weight is 354 g/mol. The Balaban J connectivity index is 1.66. The lowest BCUT2D eigenvalue weighted by atomic mass is 9.94. The minimum Gasteiger partial charge on any atom is -0.444 e. The van der Waals surface area contributed by atoms with Gasteiger partial charge in [-0.2, -0.15) is 0 Å². The lowest BCUT2D eigenvalue weighted by Crippen LogP contribution is -2.42. The van der Waals surface area contributed by atoms with Crippen molar-refractivity contribution in [3.05, 3.63) is 22.4 Å². The van der Waals surface area contributed by atoms with Crippen LogP contribution in [-0.2, 0) is 9.47 Å². The highest BCUT2D eigenvalue weighted by molar-refractivity contribution is 7.10. The Bertz CT molecular complexity index is 495. The van der Waals surface area contributed by atoms with Gasteiger partial charge >= 0.3 is 6.09 Å². The summed E-state index contributed by atoms with van der Waals surface area (Å²) >= 11 is 1.74. The monoisotopic (exact) mass is 353 g/mol. The fourth-order valence-corrected chi connectivity index (χ4v) is 3.76. The molecule has 1 aliphatic heterocycles. The molecule has 1 fully saturated rings. The first kappa shape index (κ1) is 19.3. The van der Waals surface area contributed by atoms with Crippen molar-refractivity contribution in [1.82, 2.24) is 4.90 Å². The molecule has 1 aromatic heterocycles. The normalized spacial score (nSPS) is 20.0. The van der Waals surface area contributed by atoms with Crippen LogP contribution in [-0.4, -0.2) is 36.3 Å². The highest BCUT2D eigenvalue weighted by Gasteiger charge is 2.27. The summed E-state index contributed by atoms with van der Waals surface area (Å²) in [6.45, 7) is 10.3. The number of amides is 1. The van der Waals surface area contributed by atoms with Crippen molar-refractivity contribution in [2.75, 3.05) is 19.7 Å². The molecule has 0 radical (unpaired) electrons. The zero-order valence-electron chi connectivity index (χ0n) is 15.4. The molecule has 0 saturated carbocycles. The Kier molecular flexibility index (Phi) is 7.11. The second-order valence-electron chi connectivity index (χ2n) is 7.61. The number of rotatable bonds is 6. The zero-order chi connectivity index (χ0) is 17.6. The van der Waals surface area contributed by atoms with Gasteiger partial charge in [-0.1, -0.05) is 6.07 Å². The lowest BCUT2D eigenvalue weighted by molar-refractivity contribution is 0.0149. The standard InChI is InChI=1S/C19H31NO3S/c1-15(17-10-7-13-24-17)22-12-6-9-16-8-5-11-20(14-16)18(21)23-19(2,3)4/h7,10,13,15-16H,5-6,8-9,11-12,14H2,1-4H3. The van der Waals surface area contributed by atoms with Gasteiger partial charge in [0.25, 0.3) is 0 Å². The molecule has 0 bridgehead atoms. The Labute approximate surface area is 150 Å². The van der Waals surface area contributed by atoms with E-state index in [1.54, 1.807) is 11.3 Å². The second-order valence-corrected chi connectivity index (χ2v) is 8.58. The molecule has 2 heterocycles. The largest absolute Gasteiger partial charge is 0.444 e. The number of carbonyl (C=O) groups is 1. The fraction of sp³-hybridized carbons (Fsp3) is 0.737. The first-order valence-corrected chi connectivity index (χ1v) is 9.86. The molecule has 0 spiro atoms. The minimum absolute atomic E-state index is 0.172. The van der Waals surface area contributed by atoms with Crippen LogP contribution < -0.4 is 0 Å². The van der Waals surface area contributed by atoms with Gasteiger partial charge in [0.15, 0.2) is 0 Å². The number of likely N-dealkylation sites (tertiary alicyclic amines) is 1. The van der Waals surface area contributed by atoms with E-state index in [1.807, 2.05) is 25.7 Å². The molecule has 2 atom stereocenters. The molecule has 0 aliphatic carbocycles. The summed E-state index contributed by atoms with van der Waals surface area (Å²) in [4.78, 5) is 15.3. The van der Waals surface area contributed by atoms with Gasteiger partial charge in [-0.05, 0) is 70.7 Å². The van der Waals surface area contributed by atoms with Gasteiger partial charge in [0, 0.05) is 24.6 Å². The molecule has 2 rings (SSSR count). The third-order valence-corrected chi connectivity index (χ3v) is 5.27. The Hall–Kier alpha value is -1.07. The molecular weight excluding hydrogens is 322 g/mol. The SMILES string of the molecule is CC(OCCCC1CCCN(C(=O)OC(C)(C)C)C1)c1cccs1. The average Bonchev–Trinajstić information content (AvgIpc) is 3.04. The Morgan fingerprint density at radius 2 is 2.25 bits per heavy atom. The number of hydrogen-bond donors (Lipinski definition) is 0. The summed E-state index contributed by atoms with van der Waals surface area (Å²) < 4.78 is 11.4. The van der Waals surface area contributed by atoms with Crippen LogP contribution in [0.5, 0.6) is 0 Å². The number of nitrogens with zero attached hydrogens (tertiary/aromatic N) is 1. The van der Waals surface area contributed by atoms with Crippen LogP contribution in [0.15, 0.2) is 17.5 Å². The van der Waals surface area contributed by atoms with Crippen molar-refractivity contribution < 1.29 is 14.3 Å². The van der Waals surface area contributed by atoms with Gasteiger partial charge in [-0.3, -0.25) is 0 Å². The molecule has 5 heteroatoms. The van der Waals surface area contributed by atoms with Crippen LogP contribution in [0.1, 0.15) is 64.4 Å². The summed E-state index contributed by atoms with van der Waals surface area (Å²) in [5, 5.41) is 2.09. The molecule has 1 aromatic rings. The van der Waals surface area contributed by atoms with E-state index in [0.717, 1.165) is 39.0 Å². The minimum atomic E-state index is -0.421. The second kappa shape index (κ2) is 8.86. The molecular formula is C19H31NO3S. The maximum absolute atomic E-state index is 12.2. The smallest absolute Gasteiger partial charge is 0.410 e. The molecule has 136 valence electrons. The summed E-state index contributed by atoms with van der Waals surface area (Å²) in [5.41, 5.74) is -0.421. The fourth-order valence-electron chi connectivity index (χ4n) is 3.03. The van der Waals surface area contributed by atoms with Gasteiger partial charge in [0.2, 0.25) is 0 Å². The maximum Gasteiger partial charge on any atom is 0.410 e.